The van der Waals surface area contributed by atoms with Crippen LogP contribution < -0.4 is 10.6 Å². The van der Waals surface area contributed by atoms with Crippen molar-refractivity contribution in [3.63, 3.8) is 0 Å². The van der Waals surface area contributed by atoms with Gasteiger partial charge in [0.05, 0.1) is 25.5 Å². The van der Waals surface area contributed by atoms with Crippen LogP contribution in [0.4, 0.5) is 5.13 Å². The Morgan fingerprint density at radius 3 is 2.73 bits per heavy atom. The fraction of sp³-hybridized carbons (Fsp3) is 0.412. The molecule has 1 saturated heterocycles. The van der Waals surface area contributed by atoms with E-state index in [0.717, 1.165) is 55.1 Å². The Labute approximate surface area is 171 Å². The Hall–Kier alpha value is -1.03. The maximum Gasteiger partial charge on any atom is 0.240 e. The molecule has 0 spiro atoms. The third kappa shape index (κ3) is 6.61. The number of thiazole rings is 1. The number of aromatic nitrogens is 1. The number of morpholine rings is 1. The van der Waals surface area contributed by atoms with Gasteiger partial charge in [-0.05, 0) is 12.1 Å². The van der Waals surface area contributed by atoms with Crippen LogP contribution in [0.2, 0.25) is 0 Å². The van der Waals surface area contributed by atoms with Gasteiger partial charge in [-0.15, -0.1) is 23.7 Å². The highest BCUT2D eigenvalue weighted by atomic mass is 79.9. The van der Waals surface area contributed by atoms with E-state index >= 15 is 0 Å². The second-order valence-corrected chi connectivity index (χ2v) is 7.50. The van der Waals surface area contributed by atoms with E-state index in [-0.39, 0.29) is 24.9 Å². The number of halogens is 2. The fourth-order valence-corrected chi connectivity index (χ4v) is 3.51. The second kappa shape index (κ2) is 11.0. The zero-order chi connectivity index (χ0) is 17.5. The number of amides is 1. The predicted molar refractivity (Wildman–Crippen MR) is 111 cm³/mol. The third-order valence-electron chi connectivity index (χ3n) is 3.88. The van der Waals surface area contributed by atoms with Crippen LogP contribution in [0.5, 0.6) is 0 Å². The van der Waals surface area contributed by atoms with E-state index in [4.69, 9.17) is 4.74 Å². The zero-order valence-corrected chi connectivity index (χ0v) is 17.5. The van der Waals surface area contributed by atoms with E-state index in [2.05, 4.69) is 36.4 Å². The number of carbonyl (C=O) groups is 1. The van der Waals surface area contributed by atoms with Crippen molar-refractivity contribution in [2.24, 2.45) is 0 Å². The number of ether oxygens (including phenoxy) is 1. The van der Waals surface area contributed by atoms with E-state index in [0.29, 0.717) is 5.13 Å². The van der Waals surface area contributed by atoms with Crippen molar-refractivity contribution in [3.8, 4) is 11.3 Å². The fourth-order valence-electron chi connectivity index (χ4n) is 2.51. The van der Waals surface area contributed by atoms with Crippen molar-refractivity contribution in [2.75, 3.05) is 51.3 Å². The molecule has 0 radical (unpaired) electrons. The van der Waals surface area contributed by atoms with Gasteiger partial charge in [0.15, 0.2) is 5.13 Å². The second-order valence-electron chi connectivity index (χ2n) is 5.72. The summed E-state index contributed by atoms with van der Waals surface area (Å²) in [6.45, 7) is 5.53. The Kier molecular flexibility index (Phi) is 8.97. The van der Waals surface area contributed by atoms with E-state index in [1.54, 1.807) is 0 Å². The molecular weight excluding hydrogens is 440 g/mol. The highest BCUT2D eigenvalue weighted by Gasteiger charge is 2.10. The monoisotopic (exact) mass is 460 g/mol. The number of nitrogens with zero attached hydrogens (tertiary/aromatic N) is 2. The molecule has 0 saturated carbocycles. The summed E-state index contributed by atoms with van der Waals surface area (Å²) in [5.74, 6) is -0.0707. The van der Waals surface area contributed by atoms with Gasteiger partial charge in [-0.1, -0.05) is 28.1 Å². The van der Waals surface area contributed by atoms with Crippen molar-refractivity contribution >= 4 is 50.7 Å². The van der Waals surface area contributed by atoms with Crippen molar-refractivity contribution in [3.05, 3.63) is 34.1 Å². The Bertz CT molecular complexity index is 692. The van der Waals surface area contributed by atoms with Gasteiger partial charge in [0.1, 0.15) is 0 Å². The molecule has 26 heavy (non-hydrogen) atoms. The largest absolute Gasteiger partial charge is 0.379 e. The molecule has 1 aromatic carbocycles. The van der Waals surface area contributed by atoms with Crippen molar-refractivity contribution in [2.45, 2.75) is 0 Å². The minimum atomic E-state index is -0.0707. The Morgan fingerprint density at radius 1 is 1.27 bits per heavy atom. The maximum absolute atomic E-state index is 12.0. The van der Waals surface area contributed by atoms with Crippen LogP contribution in [0.1, 0.15) is 0 Å². The molecule has 0 bridgehead atoms. The first-order valence-electron chi connectivity index (χ1n) is 8.23. The quantitative estimate of drug-likeness (QED) is 0.621. The van der Waals surface area contributed by atoms with Crippen molar-refractivity contribution in [1.82, 2.24) is 15.2 Å². The molecule has 3 rings (SSSR count). The highest BCUT2D eigenvalue weighted by molar-refractivity contribution is 9.10. The number of carbonyl (C=O) groups excluding carboxylic acids is 1. The molecule has 1 aromatic heterocycles. The summed E-state index contributed by atoms with van der Waals surface area (Å²) in [4.78, 5) is 18.8. The number of rotatable bonds is 7. The van der Waals surface area contributed by atoms with E-state index in [9.17, 15) is 4.79 Å². The molecular formula is C17H22BrClN4O2S. The standard InChI is InChI=1S/C17H21BrN4O2S.ClH/c18-14-3-1-13(2-4-14)15-12-25-17(20-15)21-16(23)11-19-5-6-22-7-9-24-10-8-22;/h1-4,12,19H,5-11H2,(H,20,21,23);1H. The lowest BCUT2D eigenvalue weighted by molar-refractivity contribution is -0.115. The normalized spacial score (nSPS) is 14.7. The van der Waals surface area contributed by atoms with Gasteiger partial charge < -0.3 is 15.4 Å². The summed E-state index contributed by atoms with van der Waals surface area (Å²) in [6.07, 6.45) is 0. The molecule has 142 valence electrons. The molecule has 2 N–H and O–H groups in total. The van der Waals surface area contributed by atoms with Gasteiger partial charge in [0, 0.05) is 41.6 Å². The minimum absolute atomic E-state index is 0. The van der Waals surface area contributed by atoms with Gasteiger partial charge in [-0.3, -0.25) is 9.69 Å². The molecule has 0 aliphatic carbocycles. The summed E-state index contributed by atoms with van der Waals surface area (Å²) in [5.41, 5.74) is 1.90. The number of benzene rings is 1. The Balaban J connectivity index is 0.00000243. The summed E-state index contributed by atoms with van der Waals surface area (Å²) in [5, 5.41) is 8.59. The van der Waals surface area contributed by atoms with Crippen LogP contribution in [0.15, 0.2) is 34.1 Å². The topological polar surface area (TPSA) is 66.5 Å². The SMILES string of the molecule is Cl.O=C(CNCCN1CCOCC1)Nc1nc(-c2ccc(Br)cc2)cs1. The van der Waals surface area contributed by atoms with Gasteiger partial charge in [-0.2, -0.15) is 0 Å². The molecule has 1 amide bonds. The van der Waals surface area contributed by atoms with Crippen LogP contribution in [0.25, 0.3) is 11.3 Å². The average molecular weight is 462 g/mol. The summed E-state index contributed by atoms with van der Waals surface area (Å²) in [7, 11) is 0. The van der Waals surface area contributed by atoms with E-state index in [1.165, 1.54) is 11.3 Å². The number of hydrogen-bond acceptors (Lipinski definition) is 6. The molecule has 2 heterocycles. The van der Waals surface area contributed by atoms with Gasteiger partial charge in [0.25, 0.3) is 0 Å². The first kappa shape index (κ1) is 21.3. The molecule has 2 aromatic rings. The molecule has 1 aliphatic heterocycles. The Morgan fingerprint density at radius 2 is 2.00 bits per heavy atom. The number of hydrogen-bond donors (Lipinski definition) is 2. The lowest BCUT2D eigenvalue weighted by Gasteiger charge is -2.26. The molecule has 6 nitrogen and oxygen atoms in total. The van der Waals surface area contributed by atoms with Crippen LogP contribution in [-0.2, 0) is 9.53 Å². The van der Waals surface area contributed by atoms with Gasteiger partial charge in [0.2, 0.25) is 5.91 Å². The first-order valence-corrected chi connectivity index (χ1v) is 9.90. The molecule has 9 heteroatoms. The molecule has 1 aliphatic rings. The van der Waals surface area contributed by atoms with Crippen LogP contribution in [0, 0.1) is 0 Å². The molecule has 1 fully saturated rings. The summed E-state index contributed by atoms with van der Waals surface area (Å²) in [6, 6.07) is 7.95. The molecule has 0 unspecified atom stereocenters. The smallest absolute Gasteiger partial charge is 0.240 e. The lowest BCUT2D eigenvalue weighted by Crippen LogP contribution is -2.41. The van der Waals surface area contributed by atoms with Gasteiger partial charge >= 0.3 is 0 Å². The maximum atomic E-state index is 12.0. The van der Waals surface area contributed by atoms with Crippen LogP contribution >= 0.6 is 39.7 Å². The molecule has 0 atom stereocenters. The summed E-state index contributed by atoms with van der Waals surface area (Å²) < 4.78 is 6.35. The predicted octanol–water partition coefficient (Wildman–Crippen LogP) is 2.85. The number of anilines is 1. The third-order valence-corrected chi connectivity index (χ3v) is 5.17. The lowest BCUT2D eigenvalue weighted by atomic mass is 10.2. The van der Waals surface area contributed by atoms with Gasteiger partial charge in [-0.25, -0.2) is 4.98 Å². The van der Waals surface area contributed by atoms with E-state index < -0.39 is 0 Å². The average Bonchev–Trinajstić information content (AvgIpc) is 3.09. The van der Waals surface area contributed by atoms with Crippen LogP contribution in [0.3, 0.4) is 0 Å². The van der Waals surface area contributed by atoms with Crippen molar-refractivity contribution in [1.29, 1.82) is 0 Å². The van der Waals surface area contributed by atoms with E-state index in [1.807, 2.05) is 29.6 Å². The zero-order valence-electron chi connectivity index (χ0n) is 14.2. The first-order chi connectivity index (χ1) is 12.2. The van der Waals surface area contributed by atoms with Crippen LogP contribution in [-0.4, -0.2) is 61.7 Å². The minimum Gasteiger partial charge on any atom is -0.379 e. The van der Waals surface area contributed by atoms with Crippen molar-refractivity contribution < 1.29 is 9.53 Å². The number of nitrogens with one attached hydrogen (secondary N) is 2. The summed E-state index contributed by atoms with van der Waals surface area (Å²) >= 11 is 4.85. The highest BCUT2D eigenvalue weighted by Crippen LogP contribution is 2.25.